The van der Waals surface area contributed by atoms with Crippen LogP contribution in [0, 0.1) is 0 Å². The lowest BCUT2D eigenvalue weighted by atomic mass is 10.3. The summed E-state index contributed by atoms with van der Waals surface area (Å²) in [6.45, 7) is 0. The predicted molar refractivity (Wildman–Crippen MR) is 48.4 cm³/mol. The van der Waals surface area contributed by atoms with Crippen LogP contribution in [0.3, 0.4) is 0 Å². The predicted octanol–water partition coefficient (Wildman–Crippen LogP) is 1.43. The Bertz CT molecular complexity index is 348. The zero-order chi connectivity index (χ0) is 8.55. The van der Waals surface area contributed by atoms with Gasteiger partial charge in [-0.2, -0.15) is 4.98 Å². The van der Waals surface area contributed by atoms with E-state index in [1.807, 2.05) is 0 Å². The van der Waals surface area contributed by atoms with Gasteiger partial charge in [0.2, 0.25) is 5.28 Å². The molecular weight excluding hydrogens is 176 g/mol. The molecule has 1 aliphatic heterocycles. The van der Waals surface area contributed by atoms with Crippen LogP contribution in [0.4, 0.5) is 11.5 Å². The highest BCUT2D eigenvalue weighted by atomic mass is 35.5. The SMILES string of the molecule is CNc1nc(Cl)nc2c1N=CC2. The molecule has 1 aliphatic rings. The molecule has 0 spiro atoms. The molecule has 5 heteroatoms. The Kier molecular flexibility index (Phi) is 1.69. The van der Waals surface area contributed by atoms with Gasteiger partial charge in [-0.15, -0.1) is 0 Å². The van der Waals surface area contributed by atoms with E-state index in [2.05, 4.69) is 20.3 Å². The normalized spacial score (nSPS) is 13.2. The third kappa shape index (κ3) is 1.04. The number of fused-ring (bicyclic) bond motifs is 1. The molecule has 0 saturated heterocycles. The maximum atomic E-state index is 5.69. The number of anilines is 1. The summed E-state index contributed by atoms with van der Waals surface area (Å²) in [6.07, 6.45) is 2.54. The Morgan fingerprint density at radius 1 is 1.50 bits per heavy atom. The first-order valence-corrected chi connectivity index (χ1v) is 3.95. The number of aliphatic imine (C=N–C) groups is 1. The number of halogens is 1. The van der Waals surface area contributed by atoms with Crippen molar-refractivity contribution >= 4 is 29.3 Å². The van der Waals surface area contributed by atoms with Crippen LogP contribution in [-0.2, 0) is 6.42 Å². The highest BCUT2D eigenvalue weighted by molar-refractivity contribution is 6.28. The van der Waals surface area contributed by atoms with Crippen molar-refractivity contribution < 1.29 is 0 Å². The molecule has 0 aromatic carbocycles. The molecule has 0 aliphatic carbocycles. The Morgan fingerprint density at radius 3 is 3.08 bits per heavy atom. The van der Waals surface area contributed by atoms with Gasteiger partial charge in [-0.05, 0) is 11.6 Å². The number of hydrogen-bond acceptors (Lipinski definition) is 4. The van der Waals surface area contributed by atoms with Crippen molar-refractivity contribution in [2.24, 2.45) is 4.99 Å². The molecule has 12 heavy (non-hydrogen) atoms. The zero-order valence-electron chi connectivity index (χ0n) is 6.50. The van der Waals surface area contributed by atoms with Gasteiger partial charge < -0.3 is 5.32 Å². The van der Waals surface area contributed by atoms with E-state index in [1.165, 1.54) is 0 Å². The molecule has 1 aromatic heterocycles. The first-order chi connectivity index (χ1) is 5.81. The van der Waals surface area contributed by atoms with Crippen molar-refractivity contribution in [2.75, 3.05) is 12.4 Å². The zero-order valence-corrected chi connectivity index (χ0v) is 7.26. The largest absolute Gasteiger partial charge is 0.371 e. The van der Waals surface area contributed by atoms with Crippen LogP contribution in [0.25, 0.3) is 0 Å². The van der Waals surface area contributed by atoms with Crippen LogP contribution >= 0.6 is 11.6 Å². The van der Waals surface area contributed by atoms with E-state index >= 15 is 0 Å². The van der Waals surface area contributed by atoms with Crippen molar-refractivity contribution in [1.82, 2.24) is 9.97 Å². The van der Waals surface area contributed by atoms with E-state index in [9.17, 15) is 0 Å². The number of rotatable bonds is 1. The van der Waals surface area contributed by atoms with E-state index in [4.69, 9.17) is 11.6 Å². The van der Waals surface area contributed by atoms with Gasteiger partial charge in [0.25, 0.3) is 0 Å². The Labute approximate surface area is 74.7 Å². The highest BCUT2D eigenvalue weighted by Crippen LogP contribution is 2.30. The van der Waals surface area contributed by atoms with E-state index < -0.39 is 0 Å². The van der Waals surface area contributed by atoms with Crippen molar-refractivity contribution in [2.45, 2.75) is 6.42 Å². The quantitative estimate of drug-likeness (QED) is 0.669. The summed E-state index contributed by atoms with van der Waals surface area (Å²) < 4.78 is 0. The summed E-state index contributed by atoms with van der Waals surface area (Å²) in [4.78, 5) is 12.2. The monoisotopic (exact) mass is 182 g/mol. The molecule has 0 unspecified atom stereocenters. The first kappa shape index (κ1) is 7.49. The van der Waals surface area contributed by atoms with Gasteiger partial charge in [0.05, 0.1) is 5.69 Å². The lowest BCUT2D eigenvalue weighted by Crippen LogP contribution is -1.97. The minimum atomic E-state index is 0.267. The Morgan fingerprint density at radius 2 is 2.33 bits per heavy atom. The maximum absolute atomic E-state index is 5.69. The highest BCUT2D eigenvalue weighted by Gasteiger charge is 2.14. The van der Waals surface area contributed by atoms with Crippen molar-refractivity contribution in [3.05, 3.63) is 11.0 Å². The molecule has 2 rings (SSSR count). The van der Waals surface area contributed by atoms with E-state index in [0.29, 0.717) is 5.82 Å². The van der Waals surface area contributed by atoms with E-state index in [0.717, 1.165) is 17.8 Å². The lowest BCUT2D eigenvalue weighted by Gasteiger charge is -2.03. The van der Waals surface area contributed by atoms with E-state index in [-0.39, 0.29) is 5.28 Å². The molecule has 0 saturated carbocycles. The van der Waals surface area contributed by atoms with Crippen molar-refractivity contribution in [3.8, 4) is 0 Å². The number of nitrogens with one attached hydrogen (secondary N) is 1. The second kappa shape index (κ2) is 2.71. The summed E-state index contributed by atoms with van der Waals surface area (Å²) in [5.74, 6) is 0.693. The molecule has 0 fully saturated rings. The van der Waals surface area contributed by atoms with Crippen LogP contribution in [0.5, 0.6) is 0 Å². The number of hydrogen-bond donors (Lipinski definition) is 1. The Hall–Kier alpha value is -1.16. The summed E-state index contributed by atoms with van der Waals surface area (Å²) in [5, 5.41) is 3.19. The van der Waals surface area contributed by atoms with Crippen molar-refractivity contribution in [1.29, 1.82) is 0 Å². The number of aromatic nitrogens is 2. The topological polar surface area (TPSA) is 50.2 Å². The van der Waals surface area contributed by atoms with Gasteiger partial charge in [-0.3, -0.25) is 4.99 Å². The van der Waals surface area contributed by atoms with Gasteiger partial charge in [0, 0.05) is 19.7 Å². The minimum Gasteiger partial charge on any atom is -0.371 e. The average molecular weight is 183 g/mol. The fraction of sp³-hybridized carbons (Fsp3) is 0.286. The van der Waals surface area contributed by atoms with Gasteiger partial charge in [-0.25, -0.2) is 4.98 Å². The minimum absolute atomic E-state index is 0.267. The van der Waals surface area contributed by atoms with E-state index in [1.54, 1.807) is 13.3 Å². The van der Waals surface area contributed by atoms with Crippen LogP contribution in [-0.4, -0.2) is 23.2 Å². The fourth-order valence-electron chi connectivity index (χ4n) is 1.15. The average Bonchev–Trinajstić information content (AvgIpc) is 2.50. The second-order valence-corrected chi connectivity index (χ2v) is 2.74. The second-order valence-electron chi connectivity index (χ2n) is 2.40. The van der Waals surface area contributed by atoms with Crippen LogP contribution in [0.15, 0.2) is 4.99 Å². The van der Waals surface area contributed by atoms with Crippen LogP contribution in [0.1, 0.15) is 5.69 Å². The van der Waals surface area contributed by atoms with Gasteiger partial charge >= 0.3 is 0 Å². The summed E-state index contributed by atoms with van der Waals surface area (Å²) in [5.41, 5.74) is 1.70. The van der Waals surface area contributed by atoms with Gasteiger partial charge in [0.15, 0.2) is 5.82 Å². The third-order valence-corrected chi connectivity index (χ3v) is 1.84. The summed E-state index contributed by atoms with van der Waals surface area (Å²) in [6, 6.07) is 0. The Balaban J connectivity index is 2.60. The smallest absolute Gasteiger partial charge is 0.224 e. The molecule has 2 heterocycles. The fourth-order valence-corrected chi connectivity index (χ4v) is 1.33. The molecule has 0 bridgehead atoms. The van der Waals surface area contributed by atoms with Crippen molar-refractivity contribution in [3.63, 3.8) is 0 Å². The summed E-state index contributed by atoms with van der Waals surface area (Å²) in [7, 11) is 1.78. The molecule has 4 nitrogen and oxygen atoms in total. The van der Waals surface area contributed by atoms with Crippen LogP contribution in [0.2, 0.25) is 5.28 Å². The molecule has 0 amide bonds. The molecular formula is C7H7ClN4. The maximum Gasteiger partial charge on any atom is 0.224 e. The first-order valence-electron chi connectivity index (χ1n) is 3.58. The van der Waals surface area contributed by atoms with Gasteiger partial charge in [0.1, 0.15) is 5.69 Å². The lowest BCUT2D eigenvalue weighted by molar-refractivity contribution is 1.09. The molecule has 1 N–H and O–H groups in total. The summed E-state index contributed by atoms with van der Waals surface area (Å²) >= 11 is 5.69. The van der Waals surface area contributed by atoms with Crippen LogP contribution < -0.4 is 5.32 Å². The number of nitrogens with zero attached hydrogens (tertiary/aromatic N) is 3. The standard InChI is InChI=1S/C7H7ClN4/c1-9-6-5-4(2-3-10-5)11-7(8)12-6/h3H,2H2,1H3,(H,9,11,12). The third-order valence-electron chi connectivity index (χ3n) is 1.67. The molecule has 0 atom stereocenters. The molecule has 0 radical (unpaired) electrons. The van der Waals surface area contributed by atoms with Gasteiger partial charge in [-0.1, -0.05) is 0 Å². The molecule has 1 aromatic rings. The molecule has 62 valence electrons.